The molecule has 0 fully saturated rings. The Labute approximate surface area is 113 Å². The molecule has 0 unspecified atom stereocenters. The number of carbonyl (C=O) groups excluding carboxylic acids is 2. The summed E-state index contributed by atoms with van der Waals surface area (Å²) in [6, 6.07) is 5.36. The molecule has 0 saturated carbocycles. The average Bonchev–Trinajstić information content (AvgIpc) is 2.40. The molecule has 20 heavy (non-hydrogen) atoms. The second-order valence-electron chi connectivity index (χ2n) is 4.67. The van der Waals surface area contributed by atoms with Gasteiger partial charge in [0.1, 0.15) is 17.2 Å². The normalized spacial score (nSPS) is 13.1. The zero-order valence-corrected chi connectivity index (χ0v) is 10.5. The largest absolute Gasteiger partial charge is 0.507 e. The number of ketones is 2. The smallest absolute Gasteiger partial charge is 0.202 e. The van der Waals surface area contributed by atoms with Crippen LogP contribution in [0.5, 0.6) is 17.2 Å². The van der Waals surface area contributed by atoms with Gasteiger partial charge in [0, 0.05) is 5.56 Å². The summed E-state index contributed by atoms with van der Waals surface area (Å²) in [5, 5.41) is 29.7. The van der Waals surface area contributed by atoms with Gasteiger partial charge in [0.15, 0.2) is 5.78 Å². The monoisotopic (exact) mass is 270 g/mol. The van der Waals surface area contributed by atoms with E-state index < -0.39 is 11.6 Å². The second kappa shape index (κ2) is 3.84. The van der Waals surface area contributed by atoms with Gasteiger partial charge in [0.05, 0.1) is 16.7 Å². The maximum atomic E-state index is 12.4. The first-order valence-corrected chi connectivity index (χ1v) is 5.90. The zero-order valence-electron chi connectivity index (χ0n) is 10.5. The SMILES string of the molecule is Cc1cc(O)c2c(c1O)C(=O)c1c(O)cccc1C2=O. The highest BCUT2D eigenvalue weighted by Gasteiger charge is 2.36. The van der Waals surface area contributed by atoms with E-state index in [9.17, 15) is 24.9 Å². The fourth-order valence-electron chi connectivity index (χ4n) is 2.47. The van der Waals surface area contributed by atoms with Gasteiger partial charge in [-0.3, -0.25) is 9.59 Å². The van der Waals surface area contributed by atoms with Gasteiger partial charge < -0.3 is 15.3 Å². The predicted octanol–water partition coefficient (Wildman–Crippen LogP) is 1.89. The quantitative estimate of drug-likeness (QED) is 0.542. The summed E-state index contributed by atoms with van der Waals surface area (Å²) in [5.74, 6) is -2.32. The number of carbonyl (C=O) groups is 2. The van der Waals surface area contributed by atoms with Crippen molar-refractivity contribution in [1.29, 1.82) is 0 Å². The van der Waals surface area contributed by atoms with Crippen LogP contribution in [0.15, 0.2) is 24.3 Å². The number of benzene rings is 2. The van der Waals surface area contributed by atoms with Crippen molar-refractivity contribution in [3.63, 3.8) is 0 Å². The molecule has 0 atom stereocenters. The van der Waals surface area contributed by atoms with E-state index >= 15 is 0 Å². The van der Waals surface area contributed by atoms with Crippen LogP contribution in [0.2, 0.25) is 0 Å². The minimum atomic E-state index is -0.677. The maximum Gasteiger partial charge on any atom is 0.202 e. The number of aromatic hydroxyl groups is 3. The molecule has 0 radical (unpaired) electrons. The predicted molar refractivity (Wildman–Crippen MR) is 69.5 cm³/mol. The average molecular weight is 270 g/mol. The van der Waals surface area contributed by atoms with E-state index in [-0.39, 0.29) is 45.1 Å². The van der Waals surface area contributed by atoms with Gasteiger partial charge in [-0.15, -0.1) is 0 Å². The molecule has 1 aliphatic rings. The van der Waals surface area contributed by atoms with Gasteiger partial charge in [0.25, 0.3) is 0 Å². The maximum absolute atomic E-state index is 12.4. The van der Waals surface area contributed by atoms with Gasteiger partial charge in [-0.2, -0.15) is 0 Å². The molecule has 0 bridgehead atoms. The number of hydrogen-bond donors (Lipinski definition) is 3. The highest BCUT2D eigenvalue weighted by molar-refractivity contribution is 6.31. The van der Waals surface area contributed by atoms with Crippen LogP contribution in [0, 0.1) is 6.92 Å². The summed E-state index contributed by atoms with van der Waals surface area (Å²) >= 11 is 0. The molecule has 5 heteroatoms. The summed E-state index contributed by atoms with van der Waals surface area (Å²) < 4.78 is 0. The molecule has 1 aliphatic carbocycles. The third-order valence-electron chi connectivity index (χ3n) is 3.44. The van der Waals surface area contributed by atoms with Crippen molar-refractivity contribution in [2.45, 2.75) is 6.92 Å². The second-order valence-corrected chi connectivity index (χ2v) is 4.67. The Morgan fingerprint density at radius 2 is 1.55 bits per heavy atom. The van der Waals surface area contributed by atoms with Gasteiger partial charge in [-0.05, 0) is 24.6 Å². The Bertz CT molecular complexity index is 789. The van der Waals surface area contributed by atoms with E-state index in [2.05, 4.69) is 0 Å². The van der Waals surface area contributed by atoms with E-state index in [1.807, 2.05) is 0 Å². The van der Waals surface area contributed by atoms with Crippen LogP contribution < -0.4 is 0 Å². The van der Waals surface area contributed by atoms with Crippen LogP contribution in [0.3, 0.4) is 0 Å². The van der Waals surface area contributed by atoms with Crippen LogP contribution >= 0.6 is 0 Å². The molecule has 0 spiro atoms. The number of aryl methyl sites for hydroxylation is 1. The molecule has 3 N–H and O–H groups in total. The molecular weight excluding hydrogens is 260 g/mol. The molecule has 0 aliphatic heterocycles. The Hall–Kier alpha value is -2.82. The Morgan fingerprint density at radius 3 is 2.25 bits per heavy atom. The zero-order chi connectivity index (χ0) is 14.6. The van der Waals surface area contributed by atoms with Gasteiger partial charge >= 0.3 is 0 Å². The fraction of sp³-hybridized carbons (Fsp3) is 0.0667. The van der Waals surface area contributed by atoms with Crippen LogP contribution in [0.4, 0.5) is 0 Å². The van der Waals surface area contributed by atoms with Crippen molar-refractivity contribution in [2.75, 3.05) is 0 Å². The lowest BCUT2D eigenvalue weighted by Gasteiger charge is -2.20. The van der Waals surface area contributed by atoms with Crippen LogP contribution in [-0.2, 0) is 0 Å². The van der Waals surface area contributed by atoms with Gasteiger partial charge in [-0.25, -0.2) is 0 Å². The van der Waals surface area contributed by atoms with E-state index in [4.69, 9.17) is 0 Å². The lowest BCUT2D eigenvalue weighted by molar-refractivity contribution is 0.0971. The van der Waals surface area contributed by atoms with Crippen molar-refractivity contribution in [3.8, 4) is 17.2 Å². The highest BCUT2D eigenvalue weighted by Crippen LogP contribution is 2.41. The van der Waals surface area contributed by atoms with E-state index in [1.165, 1.54) is 31.2 Å². The summed E-state index contributed by atoms with van der Waals surface area (Å²) in [6.07, 6.45) is 0. The van der Waals surface area contributed by atoms with Crippen LogP contribution in [0.1, 0.15) is 37.4 Å². The molecule has 0 heterocycles. The molecule has 0 aromatic heterocycles. The van der Waals surface area contributed by atoms with Crippen LogP contribution in [-0.4, -0.2) is 26.9 Å². The Balaban J connectivity index is 2.45. The Morgan fingerprint density at radius 1 is 0.850 bits per heavy atom. The summed E-state index contributed by atoms with van der Waals surface area (Å²) in [5.41, 5.74) is -0.342. The van der Waals surface area contributed by atoms with E-state index in [1.54, 1.807) is 0 Å². The number of fused-ring (bicyclic) bond motifs is 2. The van der Waals surface area contributed by atoms with Crippen molar-refractivity contribution in [2.24, 2.45) is 0 Å². The topological polar surface area (TPSA) is 94.8 Å². The number of phenols is 3. The lowest BCUT2D eigenvalue weighted by atomic mass is 9.82. The summed E-state index contributed by atoms with van der Waals surface area (Å²) in [6.45, 7) is 1.51. The van der Waals surface area contributed by atoms with Crippen molar-refractivity contribution in [1.82, 2.24) is 0 Å². The van der Waals surface area contributed by atoms with Crippen molar-refractivity contribution in [3.05, 3.63) is 52.1 Å². The molecule has 5 nitrogen and oxygen atoms in total. The van der Waals surface area contributed by atoms with E-state index in [0.29, 0.717) is 0 Å². The molecular formula is C15H10O5. The molecule has 3 rings (SSSR count). The number of rotatable bonds is 0. The van der Waals surface area contributed by atoms with Crippen molar-refractivity contribution < 1.29 is 24.9 Å². The lowest BCUT2D eigenvalue weighted by Crippen LogP contribution is -2.21. The third-order valence-corrected chi connectivity index (χ3v) is 3.44. The molecule has 0 saturated heterocycles. The summed E-state index contributed by atoms with van der Waals surface area (Å²) in [7, 11) is 0. The van der Waals surface area contributed by atoms with E-state index in [0.717, 1.165) is 0 Å². The van der Waals surface area contributed by atoms with Crippen molar-refractivity contribution >= 4 is 11.6 Å². The highest BCUT2D eigenvalue weighted by atomic mass is 16.3. The molecule has 2 aromatic rings. The first-order chi connectivity index (χ1) is 9.43. The summed E-state index contributed by atoms with van der Waals surface area (Å²) in [4.78, 5) is 24.8. The van der Waals surface area contributed by atoms with Crippen LogP contribution in [0.25, 0.3) is 0 Å². The Kier molecular flexibility index (Phi) is 2.34. The first kappa shape index (κ1) is 12.2. The molecule has 100 valence electrons. The number of hydrogen-bond acceptors (Lipinski definition) is 5. The van der Waals surface area contributed by atoms with Gasteiger partial charge in [-0.1, -0.05) is 12.1 Å². The number of phenolic OH excluding ortho intramolecular Hbond substituents is 3. The standard InChI is InChI=1S/C15H10O5/c1-6-5-9(17)11-12(13(6)18)15(20)10-7(14(11)19)3-2-4-8(10)16/h2-5,16-18H,1H3. The minimum Gasteiger partial charge on any atom is -0.507 e. The van der Waals surface area contributed by atoms with Gasteiger partial charge in [0.2, 0.25) is 5.78 Å². The minimum absolute atomic E-state index is 0.0149. The first-order valence-electron chi connectivity index (χ1n) is 5.90. The fourth-order valence-corrected chi connectivity index (χ4v) is 2.47. The molecule has 2 aromatic carbocycles. The third kappa shape index (κ3) is 1.37. The molecule has 0 amide bonds.